The predicted octanol–water partition coefficient (Wildman–Crippen LogP) is 6.17. The van der Waals surface area contributed by atoms with E-state index in [0.29, 0.717) is 0 Å². The normalized spacial score (nSPS) is 11.3. The van der Waals surface area contributed by atoms with Crippen molar-refractivity contribution in [3.63, 3.8) is 0 Å². The summed E-state index contributed by atoms with van der Waals surface area (Å²) in [4.78, 5) is 9.18. The van der Waals surface area contributed by atoms with Crippen molar-refractivity contribution in [1.29, 1.82) is 0 Å². The molecule has 0 atom stereocenters. The molecule has 1 N–H and O–H groups in total. The summed E-state index contributed by atoms with van der Waals surface area (Å²) in [5.74, 6) is 0. The molecule has 4 rings (SSSR count). The smallest absolute Gasteiger partial charge is 0.190 e. The minimum Gasteiger partial charge on any atom is -0.307 e. The summed E-state index contributed by atoms with van der Waals surface area (Å²) >= 11 is 10.2. The molecule has 3 nitrogen and oxygen atoms in total. The number of thiazole rings is 2. The Kier molecular flexibility index (Phi) is 3.45. The molecule has 2 aromatic carbocycles. The zero-order valence-corrected chi connectivity index (χ0v) is 15.2. The number of rotatable bonds is 2. The minimum absolute atomic E-state index is 0.862. The molecule has 0 radical (unpaired) electrons. The van der Waals surface area contributed by atoms with E-state index in [1.54, 1.807) is 22.7 Å². The average Bonchev–Trinajstić information content (AvgIpc) is 3.00. The maximum Gasteiger partial charge on any atom is 0.190 e. The van der Waals surface area contributed by atoms with E-state index in [1.807, 2.05) is 24.3 Å². The lowest BCUT2D eigenvalue weighted by molar-refractivity contribution is 1.40. The third-order valence-corrected chi connectivity index (χ3v) is 5.80. The highest BCUT2D eigenvalue weighted by atomic mass is 79.9. The lowest BCUT2D eigenvalue weighted by atomic mass is 10.3. The summed E-state index contributed by atoms with van der Waals surface area (Å²) in [6, 6.07) is 12.2. The number of nitrogens with one attached hydrogen (secondary N) is 1. The first-order chi connectivity index (χ1) is 10.2. The molecule has 4 aromatic rings. The molecule has 0 aliphatic rings. The van der Waals surface area contributed by atoms with Crippen molar-refractivity contribution >= 4 is 85.2 Å². The van der Waals surface area contributed by atoms with Crippen molar-refractivity contribution in [1.82, 2.24) is 9.97 Å². The number of halogens is 2. The topological polar surface area (TPSA) is 37.8 Å². The quantitative estimate of drug-likeness (QED) is 0.404. The van der Waals surface area contributed by atoms with Gasteiger partial charge in [-0.25, -0.2) is 9.97 Å². The molecule has 0 fully saturated rings. The van der Waals surface area contributed by atoms with Gasteiger partial charge < -0.3 is 5.32 Å². The number of benzene rings is 2. The second-order valence-corrected chi connectivity index (χ2v) is 8.28. The highest BCUT2D eigenvalue weighted by Crippen LogP contribution is 2.33. The van der Waals surface area contributed by atoms with Crippen LogP contribution in [-0.4, -0.2) is 9.97 Å². The highest BCUT2D eigenvalue weighted by Gasteiger charge is 2.08. The van der Waals surface area contributed by atoms with E-state index < -0.39 is 0 Å². The second-order valence-electron chi connectivity index (χ2n) is 4.39. The third kappa shape index (κ3) is 2.70. The van der Waals surface area contributed by atoms with E-state index in [0.717, 1.165) is 39.6 Å². The van der Waals surface area contributed by atoms with E-state index in [9.17, 15) is 0 Å². The summed E-state index contributed by atoms with van der Waals surface area (Å²) in [6.45, 7) is 0. The first-order valence-electron chi connectivity index (χ1n) is 6.06. The summed E-state index contributed by atoms with van der Waals surface area (Å²) < 4.78 is 4.39. The van der Waals surface area contributed by atoms with E-state index in [-0.39, 0.29) is 0 Å². The standard InChI is InChI=1S/C14H7Br2N3S2/c15-7-1-3-11-9(5-7)17-13(20-11)19-14-18-10-6-8(16)2-4-12(10)21-14/h1-6H,(H,17,18,19). The molecule has 0 saturated carbocycles. The Balaban J connectivity index is 1.71. The molecule has 0 amide bonds. The highest BCUT2D eigenvalue weighted by molar-refractivity contribution is 9.10. The number of anilines is 2. The van der Waals surface area contributed by atoms with Crippen LogP contribution in [-0.2, 0) is 0 Å². The SMILES string of the molecule is Brc1ccc2sc(Nc3nc4cc(Br)ccc4s3)nc2c1. The molecule has 0 spiro atoms. The fraction of sp³-hybridized carbons (Fsp3) is 0. The van der Waals surface area contributed by atoms with Crippen molar-refractivity contribution in [2.24, 2.45) is 0 Å². The summed E-state index contributed by atoms with van der Waals surface area (Å²) in [5, 5.41) is 5.03. The van der Waals surface area contributed by atoms with Gasteiger partial charge in [0.25, 0.3) is 0 Å². The van der Waals surface area contributed by atoms with Crippen LogP contribution >= 0.6 is 54.5 Å². The van der Waals surface area contributed by atoms with Crippen molar-refractivity contribution in [3.05, 3.63) is 45.3 Å². The Hall–Kier alpha value is -1.02. The van der Waals surface area contributed by atoms with Gasteiger partial charge in [0, 0.05) is 8.95 Å². The summed E-state index contributed by atoms with van der Waals surface area (Å²) in [5.41, 5.74) is 1.97. The van der Waals surface area contributed by atoms with Crippen molar-refractivity contribution < 1.29 is 0 Å². The van der Waals surface area contributed by atoms with Crippen LogP contribution in [0.3, 0.4) is 0 Å². The molecule has 7 heteroatoms. The Bertz CT molecular complexity index is 883. The minimum atomic E-state index is 0.862. The molecular formula is C14H7Br2N3S2. The van der Waals surface area contributed by atoms with Crippen LogP contribution in [0.25, 0.3) is 20.4 Å². The van der Waals surface area contributed by atoms with Gasteiger partial charge in [-0.3, -0.25) is 0 Å². The van der Waals surface area contributed by atoms with E-state index in [2.05, 4.69) is 59.3 Å². The zero-order valence-electron chi connectivity index (χ0n) is 10.4. The second kappa shape index (κ2) is 5.31. The predicted molar refractivity (Wildman–Crippen MR) is 97.9 cm³/mol. The summed E-state index contributed by atoms with van der Waals surface area (Å²) in [7, 11) is 0. The van der Waals surface area contributed by atoms with Gasteiger partial charge in [0.15, 0.2) is 10.3 Å². The molecule has 0 aliphatic heterocycles. The largest absolute Gasteiger partial charge is 0.307 e. The Morgan fingerprint density at radius 2 is 1.24 bits per heavy atom. The number of fused-ring (bicyclic) bond motifs is 2. The van der Waals surface area contributed by atoms with Crippen LogP contribution in [0.1, 0.15) is 0 Å². The maximum atomic E-state index is 4.59. The lowest BCUT2D eigenvalue weighted by Gasteiger charge is -1.93. The fourth-order valence-corrected chi connectivity index (χ4v) is 4.45. The zero-order chi connectivity index (χ0) is 14.4. The van der Waals surface area contributed by atoms with Gasteiger partial charge in [0.2, 0.25) is 0 Å². The van der Waals surface area contributed by atoms with Gasteiger partial charge in [-0.1, -0.05) is 54.5 Å². The molecule has 2 aromatic heterocycles. The van der Waals surface area contributed by atoms with Crippen LogP contribution in [0.15, 0.2) is 45.3 Å². The van der Waals surface area contributed by atoms with Crippen LogP contribution in [0, 0.1) is 0 Å². The Morgan fingerprint density at radius 1 is 0.762 bits per heavy atom. The van der Waals surface area contributed by atoms with Crippen LogP contribution < -0.4 is 5.32 Å². The molecule has 0 unspecified atom stereocenters. The van der Waals surface area contributed by atoms with E-state index in [4.69, 9.17) is 0 Å². The van der Waals surface area contributed by atoms with Gasteiger partial charge in [-0.2, -0.15) is 0 Å². The number of nitrogens with zero attached hydrogens (tertiary/aromatic N) is 2. The molecule has 0 aliphatic carbocycles. The monoisotopic (exact) mass is 439 g/mol. The van der Waals surface area contributed by atoms with Gasteiger partial charge in [-0.15, -0.1) is 0 Å². The van der Waals surface area contributed by atoms with Gasteiger partial charge >= 0.3 is 0 Å². The lowest BCUT2D eigenvalue weighted by Crippen LogP contribution is -1.87. The Labute approximate surface area is 145 Å². The van der Waals surface area contributed by atoms with Crippen molar-refractivity contribution in [2.45, 2.75) is 0 Å². The Morgan fingerprint density at radius 3 is 1.71 bits per heavy atom. The molecule has 21 heavy (non-hydrogen) atoms. The van der Waals surface area contributed by atoms with Crippen LogP contribution in [0.2, 0.25) is 0 Å². The van der Waals surface area contributed by atoms with Gasteiger partial charge in [-0.05, 0) is 36.4 Å². The van der Waals surface area contributed by atoms with E-state index in [1.165, 1.54) is 0 Å². The fourth-order valence-electron chi connectivity index (χ4n) is 2.00. The van der Waals surface area contributed by atoms with Crippen molar-refractivity contribution in [3.8, 4) is 0 Å². The van der Waals surface area contributed by atoms with E-state index >= 15 is 0 Å². The first kappa shape index (κ1) is 13.6. The summed E-state index contributed by atoms with van der Waals surface area (Å²) in [6.07, 6.45) is 0. The molecule has 0 bridgehead atoms. The molecular weight excluding hydrogens is 434 g/mol. The number of aromatic nitrogens is 2. The van der Waals surface area contributed by atoms with Crippen LogP contribution in [0.4, 0.5) is 10.3 Å². The maximum absolute atomic E-state index is 4.59. The number of hydrogen-bond donors (Lipinski definition) is 1. The van der Waals surface area contributed by atoms with Crippen molar-refractivity contribution in [2.75, 3.05) is 5.32 Å². The third-order valence-electron chi connectivity index (χ3n) is 2.91. The van der Waals surface area contributed by atoms with Gasteiger partial charge in [0.05, 0.1) is 20.4 Å². The molecule has 0 saturated heterocycles. The number of hydrogen-bond acceptors (Lipinski definition) is 5. The molecule has 2 heterocycles. The van der Waals surface area contributed by atoms with Crippen LogP contribution in [0.5, 0.6) is 0 Å². The molecule has 104 valence electrons. The first-order valence-corrected chi connectivity index (χ1v) is 9.28. The van der Waals surface area contributed by atoms with Gasteiger partial charge in [0.1, 0.15) is 0 Å². The average molecular weight is 441 g/mol.